The summed E-state index contributed by atoms with van der Waals surface area (Å²) in [7, 11) is 0. The fourth-order valence-corrected chi connectivity index (χ4v) is 1.77. The van der Waals surface area contributed by atoms with Crippen LogP contribution in [0.25, 0.3) is 11.1 Å². The lowest BCUT2D eigenvalue weighted by molar-refractivity contribution is 0.275. The highest BCUT2D eigenvalue weighted by Crippen LogP contribution is 2.24. The average molecular weight is 230 g/mol. The van der Waals surface area contributed by atoms with Gasteiger partial charge in [0.05, 0.1) is 13.2 Å². The number of aliphatic hydroxyl groups is 2. The number of hydrogen-bond donors (Lipinski definition) is 3. The number of rotatable bonds is 3. The van der Waals surface area contributed by atoms with Gasteiger partial charge in [0, 0.05) is 0 Å². The van der Waals surface area contributed by atoms with Crippen molar-refractivity contribution in [3.05, 3.63) is 53.6 Å². The van der Waals surface area contributed by atoms with E-state index in [2.05, 4.69) is 0 Å². The third-order valence-corrected chi connectivity index (χ3v) is 2.62. The Bertz CT molecular complexity index is 481. The molecule has 2 rings (SSSR count). The van der Waals surface area contributed by atoms with Crippen LogP contribution in [0, 0.1) is 0 Å². The number of phenols is 1. The van der Waals surface area contributed by atoms with Crippen LogP contribution in [0.4, 0.5) is 0 Å². The maximum atomic E-state index is 9.23. The summed E-state index contributed by atoms with van der Waals surface area (Å²) < 4.78 is 0. The van der Waals surface area contributed by atoms with Crippen molar-refractivity contribution in [2.75, 3.05) is 0 Å². The van der Waals surface area contributed by atoms with Gasteiger partial charge in [-0.2, -0.15) is 0 Å². The van der Waals surface area contributed by atoms with Crippen LogP contribution in [0.3, 0.4) is 0 Å². The number of aromatic hydroxyl groups is 1. The average Bonchev–Trinajstić information content (AvgIpc) is 2.39. The Kier molecular flexibility index (Phi) is 3.42. The Morgan fingerprint density at radius 1 is 0.706 bits per heavy atom. The predicted molar refractivity (Wildman–Crippen MR) is 65.4 cm³/mol. The quantitative estimate of drug-likeness (QED) is 0.756. The second-order valence-electron chi connectivity index (χ2n) is 3.90. The Balaban J connectivity index is 2.46. The normalized spacial score (nSPS) is 10.5. The predicted octanol–water partition coefficient (Wildman–Crippen LogP) is 2.04. The molecule has 0 aliphatic heterocycles. The molecule has 0 heterocycles. The number of hydrogen-bond acceptors (Lipinski definition) is 3. The van der Waals surface area contributed by atoms with Crippen LogP contribution >= 0.6 is 0 Å². The van der Waals surface area contributed by atoms with Crippen molar-refractivity contribution in [1.82, 2.24) is 0 Å². The first-order valence-corrected chi connectivity index (χ1v) is 5.37. The molecule has 0 spiro atoms. The monoisotopic (exact) mass is 230 g/mol. The van der Waals surface area contributed by atoms with E-state index in [-0.39, 0.29) is 19.0 Å². The molecule has 3 heteroatoms. The topological polar surface area (TPSA) is 60.7 Å². The molecule has 2 aromatic carbocycles. The Morgan fingerprint density at radius 3 is 1.71 bits per heavy atom. The Labute approximate surface area is 99.6 Å². The number of benzene rings is 2. The second-order valence-corrected chi connectivity index (χ2v) is 3.90. The van der Waals surface area contributed by atoms with Gasteiger partial charge in [0.1, 0.15) is 5.75 Å². The minimum absolute atomic E-state index is 0.0566. The summed E-state index contributed by atoms with van der Waals surface area (Å²) >= 11 is 0. The second kappa shape index (κ2) is 4.99. The van der Waals surface area contributed by atoms with Crippen LogP contribution in [0.15, 0.2) is 42.5 Å². The molecule has 88 valence electrons. The standard InChI is InChI=1S/C14H14O3/c15-8-10-5-11(9-16)7-13(6-10)12-1-3-14(17)4-2-12/h1-7,15-17H,8-9H2. The molecule has 2 aromatic rings. The highest BCUT2D eigenvalue weighted by molar-refractivity contribution is 5.65. The lowest BCUT2D eigenvalue weighted by atomic mass is 10.00. The van der Waals surface area contributed by atoms with Crippen molar-refractivity contribution < 1.29 is 15.3 Å². The van der Waals surface area contributed by atoms with Crippen molar-refractivity contribution in [2.24, 2.45) is 0 Å². The van der Waals surface area contributed by atoms with Crippen molar-refractivity contribution >= 4 is 0 Å². The van der Waals surface area contributed by atoms with Gasteiger partial charge in [0.15, 0.2) is 0 Å². The Hall–Kier alpha value is -1.84. The van der Waals surface area contributed by atoms with Crippen LogP contribution in [0.5, 0.6) is 5.75 Å². The molecule has 0 aliphatic carbocycles. The summed E-state index contributed by atoms with van der Waals surface area (Å²) in [5.74, 6) is 0.217. The van der Waals surface area contributed by atoms with E-state index in [0.717, 1.165) is 22.3 Å². The molecule has 0 aliphatic rings. The molecule has 3 nitrogen and oxygen atoms in total. The molecule has 0 radical (unpaired) electrons. The van der Waals surface area contributed by atoms with Gasteiger partial charge < -0.3 is 15.3 Å². The first kappa shape index (κ1) is 11.6. The van der Waals surface area contributed by atoms with Crippen LogP contribution < -0.4 is 0 Å². The van der Waals surface area contributed by atoms with Gasteiger partial charge in [-0.3, -0.25) is 0 Å². The molecule has 0 amide bonds. The van der Waals surface area contributed by atoms with Crippen LogP contribution in [0.1, 0.15) is 11.1 Å². The van der Waals surface area contributed by atoms with Gasteiger partial charge >= 0.3 is 0 Å². The third kappa shape index (κ3) is 2.64. The van der Waals surface area contributed by atoms with Crippen molar-refractivity contribution in [2.45, 2.75) is 13.2 Å². The first-order valence-electron chi connectivity index (χ1n) is 5.37. The fourth-order valence-electron chi connectivity index (χ4n) is 1.77. The van der Waals surface area contributed by atoms with E-state index in [1.165, 1.54) is 0 Å². The maximum absolute atomic E-state index is 9.23. The molecule has 0 atom stereocenters. The summed E-state index contributed by atoms with van der Waals surface area (Å²) in [6.07, 6.45) is 0. The lowest BCUT2D eigenvalue weighted by Crippen LogP contribution is -1.91. The zero-order valence-corrected chi connectivity index (χ0v) is 9.30. The highest BCUT2D eigenvalue weighted by Gasteiger charge is 2.03. The number of aliphatic hydroxyl groups excluding tert-OH is 2. The van der Waals surface area contributed by atoms with Crippen LogP contribution in [-0.2, 0) is 13.2 Å². The molecule has 0 aromatic heterocycles. The minimum Gasteiger partial charge on any atom is -0.508 e. The molecular weight excluding hydrogens is 216 g/mol. The van der Waals surface area contributed by atoms with Crippen molar-refractivity contribution in [3.8, 4) is 16.9 Å². The smallest absolute Gasteiger partial charge is 0.115 e. The first-order chi connectivity index (χ1) is 8.22. The zero-order chi connectivity index (χ0) is 12.3. The summed E-state index contributed by atoms with van der Waals surface area (Å²) in [5, 5.41) is 27.5. The Morgan fingerprint density at radius 2 is 1.24 bits per heavy atom. The van der Waals surface area contributed by atoms with Crippen molar-refractivity contribution in [1.29, 1.82) is 0 Å². The van der Waals surface area contributed by atoms with Crippen LogP contribution in [-0.4, -0.2) is 15.3 Å². The van der Waals surface area contributed by atoms with E-state index in [0.29, 0.717) is 0 Å². The van der Waals surface area contributed by atoms with E-state index in [1.807, 2.05) is 12.1 Å². The van der Waals surface area contributed by atoms with E-state index in [9.17, 15) is 5.11 Å². The van der Waals surface area contributed by atoms with Gasteiger partial charge in [0.2, 0.25) is 0 Å². The van der Waals surface area contributed by atoms with Gasteiger partial charge in [-0.05, 0) is 46.5 Å². The third-order valence-electron chi connectivity index (χ3n) is 2.62. The van der Waals surface area contributed by atoms with E-state index in [4.69, 9.17) is 10.2 Å². The van der Waals surface area contributed by atoms with E-state index < -0.39 is 0 Å². The van der Waals surface area contributed by atoms with Gasteiger partial charge in [-0.15, -0.1) is 0 Å². The summed E-state index contributed by atoms with van der Waals surface area (Å²) in [6, 6.07) is 12.3. The number of phenolic OH excluding ortho intramolecular Hbond substituents is 1. The molecule has 0 saturated carbocycles. The molecule has 17 heavy (non-hydrogen) atoms. The zero-order valence-electron chi connectivity index (χ0n) is 9.30. The summed E-state index contributed by atoms with van der Waals surface area (Å²) in [4.78, 5) is 0. The highest BCUT2D eigenvalue weighted by atomic mass is 16.3. The SMILES string of the molecule is OCc1cc(CO)cc(-c2ccc(O)cc2)c1. The van der Waals surface area contributed by atoms with Gasteiger partial charge in [0.25, 0.3) is 0 Å². The molecule has 0 fully saturated rings. The van der Waals surface area contributed by atoms with E-state index >= 15 is 0 Å². The van der Waals surface area contributed by atoms with Crippen LogP contribution in [0.2, 0.25) is 0 Å². The van der Waals surface area contributed by atoms with Crippen molar-refractivity contribution in [3.63, 3.8) is 0 Å². The largest absolute Gasteiger partial charge is 0.508 e. The lowest BCUT2D eigenvalue weighted by Gasteiger charge is -2.07. The van der Waals surface area contributed by atoms with E-state index in [1.54, 1.807) is 30.3 Å². The summed E-state index contributed by atoms with van der Waals surface area (Å²) in [5.41, 5.74) is 3.38. The minimum atomic E-state index is -0.0566. The molecular formula is C14H14O3. The maximum Gasteiger partial charge on any atom is 0.115 e. The molecule has 0 bridgehead atoms. The van der Waals surface area contributed by atoms with Gasteiger partial charge in [-0.1, -0.05) is 18.2 Å². The molecule has 0 saturated heterocycles. The summed E-state index contributed by atoms with van der Waals surface area (Å²) in [6.45, 7) is -0.113. The fraction of sp³-hybridized carbons (Fsp3) is 0.143. The molecule has 3 N–H and O–H groups in total. The molecule has 0 unspecified atom stereocenters. The van der Waals surface area contributed by atoms with Gasteiger partial charge in [-0.25, -0.2) is 0 Å².